The van der Waals surface area contributed by atoms with Gasteiger partial charge in [-0.2, -0.15) is 0 Å². The molecule has 0 saturated heterocycles. The molecule has 0 aliphatic rings. The van der Waals surface area contributed by atoms with Crippen LogP contribution in [0.2, 0.25) is 0 Å². The Morgan fingerprint density at radius 3 is 2.28 bits per heavy atom. The lowest BCUT2D eigenvalue weighted by Gasteiger charge is -2.00. The molecule has 0 saturated carbocycles. The van der Waals surface area contributed by atoms with E-state index in [0.717, 1.165) is 17.5 Å². The van der Waals surface area contributed by atoms with Crippen LogP contribution in [0.3, 0.4) is 0 Å². The molecule has 0 atom stereocenters. The smallest absolute Gasteiger partial charge is 0.307 e. The van der Waals surface area contributed by atoms with E-state index in [1.54, 1.807) is 12.2 Å². The summed E-state index contributed by atoms with van der Waals surface area (Å²) in [5.74, 6) is -1.63. The van der Waals surface area contributed by atoms with Gasteiger partial charge in [-0.05, 0) is 24.0 Å². The minimum absolute atomic E-state index is 0.0142. The molecule has 4 heteroatoms. The van der Waals surface area contributed by atoms with E-state index in [-0.39, 0.29) is 12.8 Å². The fraction of sp³-hybridized carbons (Fsp3) is 0.286. The number of rotatable bonds is 7. The van der Waals surface area contributed by atoms with Crippen molar-refractivity contribution < 1.29 is 19.8 Å². The highest BCUT2D eigenvalue weighted by molar-refractivity contribution is 5.70. The van der Waals surface area contributed by atoms with Gasteiger partial charge in [-0.3, -0.25) is 9.59 Å². The average Bonchev–Trinajstić information content (AvgIpc) is 2.30. The van der Waals surface area contributed by atoms with Crippen LogP contribution in [0.25, 0.3) is 6.08 Å². The maximum atomic E-state index is 10.4. The first-order valence-corrected chi connectivity index (χ1v) is 5.77. The summed E-state index contributed by atoms with van der Waals surface area (Å²) in [5.41, 5.74) is 2.03. The van der Waals surface area contributed by atoms with Crippen molar-refractivity contribution in [3.63, 3.8) is 0 Å². The largest absolute Gasteiger partial charge is 0.481 e. The van der Waals surface area contributed by atoms with Crippen LogP contribution in [0.5, 0.6) is 0 Å². The number of hydrogen-bond acceptors (Lipinski definition) is 2. The van der Waals surface area contributed by atoms with Crippen molar-refractivity contribution >= 4 is 18.0 Å². The van der Waals surface area contributed by atoms with Crippen molar-refractivity contribution in [1.82, 2.24) is 0 Å². The molecule has 0 aromatic heterocycles. The van der Waals surface area contributed by atoms with Gasteiger partial charge in [0, 0.05) is 6.42 Å². The summed E-state index contributed by atoms with van der Waals surface area (Å²) in [4.78, 5) is 20.7. The fourth-order valence-electron chi connectivity index (χ4n) is 1.53. The molecule has 0 radical (unpaired) electrons. The molecule has 1 rings (SSSR count). The van der Waals surface area contributed by atoms with E-state index in [2.05, 4.69) is 0 Å². The van der Waals surface area contributed by atoms with Gasteiger partial charge in [0.05, 0.1) is 6.42 Å². The SMILES string of the molecule is O=C(O)CC=Cc1ccc(CCCC(=O)O)cc1. The minimum atomic E-state index is -0.850. The van der Waals surface area contributed by atoms with Crippen LogP contribution < -0.4 is 0 Å². The summed E-state index contributed by atoms with van der Waals surface area (Å²) in [6.07, 6.45) is 4.92. The summed E-state index contributed by atoms with van der Waals surface area (Å²) < 4.78 is 0. The van der Waals surface area contributed by atoms with Crippen LogP contribution >= 0.6 is 0 Å². The van der Waals surface area contributed by atoms with Crippen molar-refractivity contribution in [2.45, 2.75) is 25.7 Å². The van der Waals surface area contributed by atoms with Crippen LogP contribution in [0.1, 0.15) is 30.4 Å². The van der Waals surface area contributed by atoms with Gasteiger partial charge < -0.3 is 10.2 Å². The normalized spacial score (nSPS) is 10.7. The standard InChI is InChI=1S/C14H16O4/c15-13(16)5-1-3-11-7-9-12(10-8-11)4-2-6-14(17)18/h1,3,7-10H,2,4-6H2,(H,15,16)(H,17,18). The van der Waals surface area contributed by atoms with E-state index >= 15 is 0 Å². The van der Waals surface area contributed by atoms with E-state index in [9.17, 15) is 9.59 Å². The first kappa shape index (κ1) is 14.0. The molecule has 0 heterocycles. The number of carboxylic acids is 2. The molecular formula is C14H16O4. The zero-order chi connectivity index (χ0) is 13.4. The summed E-state index contributed by atoms with van der Waals surface area (Å²) in [7, 11) is 0. The zero-order valence-electron chi connectivity index (χ0n) is 10.0. The molecule has 18 heavy (non-hydrogen) atoms. The van der Waals surface area contributed by atoms with E-state index in [4.69, 9.17) is 10.2 Å². The third kappa shape index (κ3) is 5.84. The lowest BCUT2D eigenvalue weighted by Crippen LogP contribution is -1.95. The molecule has 0 bridgehead atoms. The van der Waals surface area contributed by atoms with Crippen LogP contribution in [0.15, 0.2) is 30.3 Å². The molecule has 0 fully saturated rings. The highest BCUT2D eigenvalue weighted by Crippen LogP contribution is 2.09. The van der Waals surface area contributed by atoms with Crippen molar-refractivity contribution in [2.24, 2.45) is 0 Å². The van der Waals surface area contributed by atoms with Crippen molar-refractivity contribution in [1.29, 1.82) is 0 Å². The predicted octanol–water partition coefficient (Wildman–Crippen LogP) is 2.58. The van der Waals surface area contributed by atoms with Gasteiger partial charge in [-0.1, -0.05) is 36.4 Å². The van der Waals surface area contributed by atoms with Crippen LogP contribution in [-0.4, -0.2) is 22.2 Å². The Hall–Kier alpha value is -2.10. The first-order valence-electron chi connectivity index (χ1n) is 5.77. The maximum absolute atomic E-state index is 10.4. The topological polar surface area (TPSA) is 74.6 Å². The summed E-state index contributed by atoms with van der Waals surface area (Å²) >= 11 is 0. The third-order valence-corrected chi connectivity index (χ3v) is 2.44. The van der Waals surface area contributed by atoms with Gasteiger partial charge in [-0.25, -0.2) is 0 Å². The second kappa shape index (κ2) is 7.27. The number of aryl methyl sites for hydroxylation is 1. The molecule has 0 aliphatic carbocycles. The average molecular weight is 248 g/mol. The first-order chi connectivity index (χ1) is 8.58. The molecule has 0 amide bonds. The monoisotopic (exact) mass is 248 g/mol. The molecule has 1 aromatic carbocycles. The van der Waals surface area contributed by atoms with Gasteiger partial charge in [0.1, 0.15) is 0 Å². The molecule has 96 valence electrons. The molecule has 4 nitrogen and oxygen atoms in total. The second-order valence-corrected chi connectivity index (χ2v) is 3.99. The molecule has 0 aliphatic heterocycles. The van der Waals surface area contributed by atoms with Gasteiger partial charge in [0.2, 0.25) is 0 Å². The zero-order valence-corrected chi connectivity index (χ0v) is 10.0. The predicted molar refractivity (Wildman–Crippen MR) is 68.3 cm³/mol. The maximum Gasteiger partial charge on any atom is 0.307 e. The van der Waals surface area contributed by atoms with Crippen LogP contribution in [-0.2, 0) is 16.0 Å². The highest BCUT2D eigenvalue weighted by atomic mass is 16.4. The van der Waals surface area contributed by atoms with E-state index < -0.39 is 11.9 Å². The van der Waals surface area contributed by atoms with Gasteiger partial charge in [0.15, 0.2) is 0 Å². The summed E-state index contributed by atoms with van der Waals surface area (Å²) in [5, 5.41) is 17.0. The van der Waals surface area contributed by atoms with E-state index in [1.807, 2.05) is 24.3 Å². The lowest BCUT2D eigenvalue weighted by atomic mass is 10.1. The highest BCUT2D eigenvalue weighted by Gasteiger charge is 1.98. The van der Waals surface area contributed by atoms with Gasteiger partial charge in [-0.15, -0.1) is 0 Å². The number of benzene rings is 1. The van der Waals surface area contributed by atoms with Gasteiger partial charge >= 0.3 is 11.9 Å². The Morgan fingerprint density at radius 2 is 1.72 bits per heavy atom. The molecular weight excluding hydrogens is 232 g/mol. The molecule has 0 unspecified atom stereocenters. The quantitative estimate of drug-likeness (QED) is 0.777. The lowest BCUT2D eigenvalue weighted by molar-refractivity contribution is -0.137. The van der Waals surface area contributed by atoms with Crippen molar-refractivity contribution in [3.8, 4) is 0 Å². The summed E-state index contributed by atoms with van der Waals surface area (Å²) in [6.45, 7) is 0. The van der Waals surface area contributed by atoms with Gasteiger partial charge in [0.25, 0.3) is 0 Å². The Bertz CT molecular complexity index is 432. The van der Waals surface area contributed by atoms with Crippen LogP contribution in [0, 0.1) is 0 Å². The number of carboxylic acid groups (broad SMARTS) is 2. The molecule has 2 N–H and O–H groups in total. The van der Waals surface area contributed by atoms with E-state index in [0.29, 0.717) is 6.42 Å². The van der Waals surface area contributed by atoms with Crippen molar-refractivity contribution in [3.05, 3.63) is 41.5 Å². The Morgan fingerprint density at radius 1 is 1.06 bits per heavy atom. The number of aliphatic carboxylic acids is 2. The second-order valence-electron chi connectivity index (χ2n) is 3.99. The Labute approximate surface area is 106 Å². The third-order valence-electron chi connectivity index (χ3n) is 2.44. The Kier molecular flexibility index (Phi) is 5.64. The van der Waals surface area contributed by atoms with E-state index in [1.165, 1.54) is 0 Å². The molecule has 0 spiro atoms. The summed E-state index contributed by atoms with van der Waals surface area (Å²) in [6, 6.07) is 7.66. The fourth-order valence-corrected chi connectivity index (χ4v) is 1.53. The number of hydrogen-bond donors (Lipinski definition) is 2. The minimum Gasteiger partial charge on any atom is -0.481 e. The van der Waals surface area contributed by atoms with Crippen molar-refractivity contribution in [2.75, 3.05) is 0 Å². The van der Waals surface area contributed by atoms with Crippen LogP contribution in [0.4, 0.5) is 0 Å². The Balaban J connectivity index is 2.44. The number of carbonyl (C=O) groups is 2. The molecule has 1 aromatic rings.